The Morgan fingerprint density at radius 3 is 2.28 bits per heavy atom. The van der Waals surface area contributed by atoms with Crippen molar-refractivity contribution in [1.29, 1.82) is 5.26 Å². The number of carbonyl (C=O) groups is 1. The smallest absolute Gasteiger partial charge is 0.263 e. The molecule has 0 bridgehead atoms. The summed E-state index contributed by atoms with van der Waals surface area (Å²) in [6.07, 6.45) is 0.699. The first-order valence-electron chi connectivity index (χ1n) is 8.11. The van der Waals surface area contributed by atoms with Crippen molar-refractivity contribution in [3.8, 4) is 11.8 Å². The quantitative estimate of drug-likeness (QED) is 0.813. The van der Waals surface area contributed by atoms with Crippen molar-refractivity contribution in [3.05, 3.63) is 65.2 Å². The highest BCUT2D eigenvalue weighted by molar-refractivity contribution is 5.84. The molecule has 1 amide bonds. The van der Waals surface area contributed by atoms with Gasteiger partial charge in [-0.25, -0.2) is 0 Å². The van der Waals surface area contributed by atoms with E-state index in [1.54, 1.807) is 38.1 Å². The van der Waals surface area contributed by atoms with Crippen LogP contribution in [0.1, 0.15) is 30.5 Å². The Bertz CT molecular complexity index is 744. The molecule has 0 atom stereocenters. The highest BCUT2D eigenvalue weighted by atomic mass is 16.5. The van der Waals surface area contributed by atoms with Crippen LogP contribution in [0.3, 0.4) is 0 Å². The molecule has 0 fully saturated rings. The Balaban J connectivity index is 1.86. The maximum atomic E-state index is 12.4. The van der Waals surface area contributed by atoms with Crippen molar-refractivity contribution in [2.45, 2.75) is 32.5 Å². The van der Waals surface area contributed by atoms with Crippen LogP contribution in [-0.4, -0.2) is 23.2 Å². The summed E-state index contributed by atoms with van der Waals surface area (Å²) in [6.45, 7) is 3.93. The topological polar surface area (TPSA) is 82.3 Å². The number of carbonyl (C=O) groups excluding carboxylic acids is 1. The Morgan fingerprint density at radius 1 is 1.12 bits per heavy atom. The molecule has 5 heteroatoms. The lowest BCUT2D eigenvalue weighted by Crippen LogP contribution is -2.47. The molecule has 0 saturated heterocycles. The van der Waals surface area contributed by atoms with Crippen molar-refractivity contribution in [2.75, 3.05) is 6.54 Å². The van der Waals surface area contributed by atoms with E-state index in [4.69, 9.17) is 15.1 Å². The van der Waals surface area contributed by atoms with E-state index in [1.165, 1.54) is 0 Å². The third-order valence-corrected chi connectivity index (χ3v) is 3.81. The third-order valence-electron chi connectivity index (χ3n) is 3.81. The first kappa shape index (κ1) is 18.5. The molecule has 0 aliphatic rings. The highest BCUT2D eigenvalue weighted by Gasteiger charge is 2.29. The summed E-state index contributed by atoms with van der Waals surface area (Å²) in [6, 6.07) is 16.3. The SMILES string of the molecule is CC(C)(Oc1ccc(C#N)cc1)C(=O)NCCc1ccc(CO)cc1. The highest BCUT2D eigenvalue weighted by Crippen LogP contribution is 2.19. The fourth-order valence-corrected chi connectivity index (χ4v) is 2.28. The molecule has 0 radical (unpaired) electrons. The predicted molar refractivity (Wildman–Crippen MR) is 94.9 cm³/mol. The van der Waals surface area contributed by atoms with Gasteiger partial charge in [-0.15, -0.1) is 0 Å². The zero-order chi connectivity index (χ0) is 18.3. The molecule has 2 aromatic carbocycles. The summed E-state index contributed by atoms with van der Waals surface area (Å²) >= 11 is 0. The summed E-state index contributed by atoms with van der Waals surface area (Å²) in [4.78, 5) is 12.4. The molecule has 2 N–H and O–H groups in total. The minimum atomic E-state index is -1.02. The number of aliphatic hydroxyl groups excluding tert-OH is 1. The van der Waals surface area contributed by atoms with E-state index in [0.717, 1.165) is 11.1 Å². The Kier molecular flexibility index (Phi) is 6.15. The second-order valence-electron chi connectivity index (χ2n) is 6.23. The number of benzene rings is 2. The molecule has 0 aliphatic carbocycles. The van der Waals surface area contributed by atoms with Gasteiger partial charge in [0.1, 0.15) is 5.75 Å². The lowest BCUT2D eigenvalue weighted by Gasteiger charge is -2.25. The number of amides is 1. The molecule has 2 aromatic rings. The number of nitrogens with zero attached hydrogens (tertiary/aromatic N) is 1. The minimum Gasteiger partial charge on any atom is -0.478 e. The van der Waals surface area contributed by atoms with Gasteiger partial charge in [-0.1, -0.05) is 24.3 Å². The van der Waals surface area contributed by atoms with Crippen molar-refractivity contribution in [2.24, 2.45) is 0 Å². The fraction of sp³-hybridized carbons (Fsp3) is 0.300. The summed E-state index contributed by atoms with van der Waals surface area (Å²) < 4.78 is 5.75. The second kappa shape index (κ2) is 8.32. The zero-order valence-corrected chi connectivity index (χ0v) is 14.5. The second-order valence-corrected chi connectivity index (χ2v) is 6.23. The normalized spacial score (nSPS) is 10.8. The van der Waals surface area contributed by atoms with E-state index in [0.29, 0.717) is 24.3 Å². The summed E-state index contributed by atoms with van der Waals surface area (Å²) in [5, 5.41) is 20.7. The molecule has 0 spiro atoms. The number of nitriles is 1. The van der Waals surface area contributed by atoms with E-state index in [2.05, 4.69) is 5.32 Å². The number of hydrogen-bond acceptors (Lipinski definition) is 4. The number of rotatable bonds is 7. The van der Waals surface area contributed by atoms with E-state index in [9.17, 15) is 4.79 Å². The molecule has 0 unspecified atom stereocenters. The summed E-state index contributed by atoms with van der Waals surface area (Å²) in [7, 11) is 0. The van der Waals surface area contributed by atoms with Gasteiger partial charge in [-0.05, 0) is 55.7 Å². The average molecular weight is 338 g/mol. The van der Waals surface area contributed by atoms with Gasteiger partial charge >= 0.3 is 0 Å². The van der Waals surface area contributed by atoms with Crippen LogP contribution in [0.4, 0.5) is 0 Å². The molecule has 0 aromatic heterocycles. The lowest BCUT2D eigenvalue weighted by atomic mass is 10.1. The molecule has 25 heavy (non-hydrogen) atoms. The molecule has 130 valence electrons. The van der Waals surface area contributed by atoms with Crippen LogP contribution in [0.2, 0.25) is 0 Å². The molecule has 2 rings (SSSR count). The number of aliphatic hydroxyl groups is 1. The van der Waals surface area contributed by atoms with Crippen molar-refractivity contribution < 1.29 is 14.6 Å². The van der Waals surface area contributed by atoms with Gasteiger partial charge in [-0.3, -0.25) is 4.79 Å². The zero-order valence-electron chi connectivity index (χ0n) is 14.5. The van der Waals surface area contributed by atoms with Crippen LogP contribution in [0.5, 0.6) is 5.75 Å². The number of ether oxygens (including phenoxy) is 1. The molecule has 0 saturated carbocycles. The van der Waals surface area contributed by atoms with Crippen LogP contribution < -0.4 is 10.1 Å². The molecular weight excluding hydrogens is 316 g/mol. The van der Waals surface area contributed by atoms with E-state index >= 15 is 0 Å². The van der Waals surface area contributed by atoms with Crippen LogP contribution in [0.15, 0.2) is 48.5 Å². The first-order chi connectivity index (χ1) is 11.9. The maximum Gasteiger partial charge on any atom is 0.263 e. The number of hydrogen-bond donors (Lipinski definition) is 2. The Morgan fingerprint density at radius 2 is 1.72 bits per heavy atom. The Labute approximate surface area is 147 Å². The van der Waals surface area contributed by atoms with E-state index in [-0.39, 0.29) is 12.5 Å². The van der Waals surface area contributed by atoms with Gasteiger partial charge in [0, 0.05) is 6.54 Å². The van der Waals surface area contributed by atoms with Gasteiger partial charge < -0.3 is 15.2 Å². The lowest BCUT2D eigenvalue weighted by molar-refractivity contribution is -0.134. The predicted octanol–water partition coefficient (Wildman–Crippen LogP) is 2.57. The van der Waals surface area contributed by atoms with E-state index < -0.39 is 5.60 Å². The standard InChI is InChI=1S/C20H22N2O3/c1-20(2,25-18-9-7-16(13-21)8-10-18)19(24)22-12-11-15-3-5-17(14-23)6-4-15/h3-10,23H,11-12,14H2,1-2H3,(H,22,24). The first-order valence-corrected chi connectivity index (χ1v) is 8.11. The van der Waals surface area contributed by atoms with Gasteiger partial charge in [-0.2, -0.15) is 5.26 Å². The molecule has 0 aliphatic heterocycles. The van der Waals surface area contributed by atoms with Crippen molar-refractivity contribution >= 4 is 5.91 Å². The minimum absolute atomic E-state index is 0.0257. The van der Waals surface area contributed by atoms with Crippen molar-refractivity contribution in [3.63, 3.8) is 0 Å². The summed E-state index contributed by atoms with van der Waals surface area (Å²) in [5.74, 6) is 0.336. The third kappa shape index (κ3) is 5.33. The van der Waals surface area contributed by atoms with E-state index in [1.807, 2.05) is 30.3 Å². The molecule has 0 heterocycles. The van der Waals surface area contributed by atoms with Crippen molar-refractivity contribution in [1.82, 2.24) is 5.32 Å². The largest absolute Gasteiger partial charge is 0.478 e. The Hall–Kier alpha value is -2.84. The monoisotopic (exact) mass is 338 g/mol. The van der Waals surface area contributed by atoms with Crippen LogP contribution in [-0.2, 0) is 17.8 Å². The average Bonchev–Trinajstić information content (AvgIpc) is 2.62. The summed E-state index contributed by atoms with van der Waals surface area (Å²) in [5.41, 5.74) is 1.48. The van der Waals surface area contributed by atoms with Crippen LogP contribution in [0.25, 0.3) is 0 Å². The maximum absolute atomic E-state index is 12.4. The van der Waals surface area contributed by atoms with Gasteiger partial charge in [0.05, 0.1) is 18.2 Å². The number of nitrogens with one attached hydrogen (secondary N) is 1. The molecule has 5 nitrogen and oxygen atoms in total. The van der Waals surface area contributed by atoms with Gasteiger partial charge in [0.15, 0.2) is 5.60 Å². The molecular formula is C20H22N2O3. The van der Waals surface area contributed by atoms with Gasteiger partial charge in [0.25, 0.3) is 5.91 Å². The van der Waals surface area contributed by atoms with Crippen LogP contribution in [0, 0.1) is 11.3 Å². The van der Waals surface area contributed by atoms with Crippen LogP contribution >= 0.6 is 0 Å². The fourth-order valence-electron chi connectivity index (χ4n) is 2.28. The van der Waals surface area contributed by atoms with Gasteiger partial charge in [0.2, 0.25) is 0 Å².